The second kappa shape index (κ2) is 5.19. The number of rotatable bonds is 3. The molecule has 1 aliphatic rings. The minimum absolute atomic E-state index is 0.0968. The molecule has 1 aliphatic carbocycles. The summed E-state index contributed by atoms with van der Waals surface area (Å²) < 4.78 is 44.2. The van der Waals surface area contributed by atoms with Gasteiger partial charge in [-0.15, -0.1) is 0 Å². The number of ether oxygens (including phenoxy) is 1. The first-order valence-corrected chi connectivity index (χ1v) is 6.73. The summed E-state index contributed by atoms with van der Waals surface area (Å²) in [5.41, 5.74) is -0.328. The van der Waals surface area contributed by atoms with Crippen LogP contribution in [0.5, 0.6) is 5.75 Å². The maximum absolute atomic E-state index is 13.1. The van der Waals surface area contributed by atoms with Crippen LogP contribution in [0, 0.1) is 5.41 Å². The molecule has 0 spiro atoms. The Labute approximate surface area is 117 Å². The average Bonchev–Trinajstić information content (AvgIpc) is 2.68. The first kappa shape index (κ1) is 15.0. The number of alkyl halides is 3. The fourth-order valence-electron chi connectivity index (χ4n) is 2.79. The molecule has 20 heavy (non-hydrogen) atoms. The zero-order valence-electron chi connectivity index (χ0n) is 12.0. The van der Waals surface area contributed by atoms with Gasteiger partial charge in [-0.2, -0.15) is 13.2 Å². The van der Waals surface area contributed by atoms with Crippen LogP contribution >= 0.6 is 0 Å². The fraction of sp³-hybridized carbons (Fsp3) is 0.600. The lowest BCUT2D eigenvalue weighted by Crippen LogP contribution is -2.20. The van der Waals surface area contributed by atoms with Crippen LogP contribution in [0.4, 0.5) is 18.9 Å². The van der Waals surface area contributed by atoms with Gasteiger partial charge in [0.1, 0.15) is 5.75 Å². The van der Waals surface area contributed by atoms with Gasteiger partial charge in [0.15, 0.2) is 0 Å². The molecule has 1 N–H and O–H groups in total. The molecule has 112 valence electrons. The molecule has 0 aliphatic heterocycles. The van der Waals surface area contributed by atoms with E-state index in [1.807, 2.05) is 0 Å². The van der Waals surface area contributed by atoms with E-state index in [9.17, 15) is 13.2 Å². The highest BCUT2D eigenvalue weighted by atomic mass is 19.4. The van der Waals surface area contributed by atoms with Gasteiger partial charge in [-0.1, -0.05) is 13.8 Å². The van der Waals surface area contributed by atoms with Gasteiger partial charge in [-0.25, -0.2) is 0 Å². The van der Waals surface area contributed by atoms with Crippen LogP contribution in [0.1, 0.15) is 38.7 Å². The molecule has 1 aromatic rings. The summed E-state index contributed by atoms with van der Waals surface area (Å²) in [5, 5.41) is 3.05. The van der Waals surface area contributed by atoms with Crippen molar-refractivity contribution >= 4 is 5.69 Å². The van der Waals surface area contributed by atoms with E-state index >= 15 is 0 Å². The van der Waals surface area contributed by atoms with Crippen molar-refractivity contribution in [3.05, 3.63) is 23.8 Å². The largest absolute Gasteiger partial charge is 0.497 e. The monoisotopic (exact) mass is 287 g/mol. The maximum Gasteiger partial charge on any atom is 0.418 e. The zero-order chi connectivity index (χ0) is 15.0. The third kappa shape index (κ3) is 3.38. The molecular weight excluding hydrogens is 267 g/mol. The van der Waals surface area contributed by atoms with E-state index in [2.05, 4.69) is 19.2 Å². The van der Waals surface area contributed by atoms with E-state index in [1.165, 1.54) is 13.2 Å². The minimum Gasteiger partial charge on any atom is -0.497 e. The van der Waals surface area contributed by atoms with Crippen LogP contribution < -0.4 is 10.1 Å². The molecule has 0 radical (unpaired) electrons. The average molecular weight is 287 g/mol. The Morgan fingerprint density at radius 3 is 2.50 bits per heavy atom. The van der Waals surface area contributed by atoms with Crippen molar-refractivity contribution in [2.75, 3.05) is 12.4 Å². The number of halogens is 3. The maximum atomic E-state index is 13.1. The van der Waals surface area contributed by atoms with Crippen molar-refractivity contribution in [1.29, 1.82) is 0 Å². The molecule has 0 bridgehead atoms. The minimum atomic E-state index is -4.38. The van der Waals surface area contributed by atoms with Crippen molar-refractivity contribution in [1.82, 2.24) is 0 Å². The molecule has 5 heteroatoms. The SMILES string of the molecule is COc1ccc(NC2CCC(C)(C)C2)c(C(F)(F)F)c1. The number of hydrogen-bond acceptors (Lipinski definition) is 2. The van der Waals surface area contributed by atoms with E-state index in [0.29, 0.717) is 0 Å². The van der Waals surface area contributed by atoms with Gasteiger partial charge in [0.2, 0.25) is 0 Å². The quantitative estimate of drug-likeness (QED) is 0.869. The Hall–Kier alpha value is -1.39. The molecule has 0 amide bonds. The molecule has 1 atom stereocenters. The van der Waals surface area contributed by atoms with Crippen molar-refractivity contribution in [3.8, 4) is 5.75 Å². The molecular formula is C15H20F3NO. The molecule has 2 nitrogen and oxygen atoms in total. The normalized spacial score (nSPS) is 21.8. The third-order valence-corrected chi connectivity index (χ3v) is 3.86. The number of hydrogen-bond donors (Lipinski definition) is 1. The molecule has 1 saturated carbocycles. The van der Waals surface area contributed by atoms with Gasteiger partial charge in [0.05, 0.1) is 12.7 Å². The highest BCUT2D eigenvalue weighted by Gasteiger charge is 2.36. The van der Waals surface area contributed by atoms with Crippen molar-refractivity contribution in [3.63, 3.8) is 0 Å². The lowest BCUT2D eigenvalue weighted by atomic mass is 9.92. The van der Waals surface area contributed by atoms with Gasteiger partial charge < -0.3 is 10.1 Å². The van der Waals surface area contributed by atoms with Crippen LogP contribution in [-0.2, 0) is 6.18 Å². The first-order valence-electron chi connectivity index (χ1n) is 6.73. The standard InChI is InChI=1S/C15H20F3NO/c1-14(2)7-6-10(9-14)19-13-5-4-11(20-3)8-12(13)15(16,17)18/h4-5,8,10,19H,6-7,9H2,1-3H3. The second-order valence-electron chi connectivity index (χ2n) is 6.16. The van der Waals surface area contributed by atoms with E-state index < -0.39 is 11.7 Å². The molecule has 0 heterocycles. The van der Waals surface area contributed by atoms with Crippen LogP contribution in [0.2, 0.25) is 0 Å². The van der Waals surface area contributed by atoms with Crippen LogP contribution in [0.3, 0.4) is 0 Å². The Bertz CT molecular complexity index is 482. The van der Waals surface area contributed by atoms with Crippen LogP contribution in [0.25, 0.3) is 0 Å². The summed E-state index contributed by atoms with van der Waals surface area (Å²) in [5.74, 6) is 0.217. The molecule has 1 unspecified atom stereocenters. The van der Waals surface area contributed by atoms with Gasteiger partial charge in [0, 0.05) is 11.7 Å². The first-order chi connectivity index (χ1) is 9.21. The molecule has 1 fully saturated rings. The highest BCUT2D eigenvalue weighted by molar-refractivity contribution is 5.56. The summed E-state index contributed by atoms with van der Waals surface area (Å²) >= 11 is 0. The molecule has 2 rings (SSSR count). The smallest absolute Gasteiger partial charge is 0.418 e. The van der Waals surface area contributed by atoms with Crippen LogP contribution in [-0.4, -0.2) is 13.2 Å². The van der Waals surface area contributed by atoms with Crippen LogP contribution in [0.15, 0.2) is 18.2 Å². The zero-order valence-corrected chi connectivity index (χ0v) is 12.0. The van der Waals surface area contributed by atoms with Crippen molar-refractivity contribution in [2.24, 2.45) is 5.41 Å². The molecule has 0 aromatic heterocycles. The number of methoxy groups -OCH3 is 1. The van der Waals surface area contributed by atoms with Crippen molar-refractivity contribution in [2.45, 2.75) is 45.3 Å². The Kier molecular flexibility index (Phi) is 3.89. The number of anilines is 1. The lowest BCUT2D eigenvalue weighted by molar-refractivity contribution is -0.137. The van der Waals surface area contributed by atoms with E-state index in [1.54, 1.807) is 6.07 Å². The Morgan fingerprint density at radius 2 is 2.00 bits per heavy atom. The Balaban J connectivity index is 2.23. The van der Waals surface area contributed by atoms with Gasteiger partial charge in [-0.05, 0) is 42.9 Å². The summed E-state index contributed by atoms with van der Waals surface area (Å²) in [7, 11) is 1.36. The lowest BCUT2D eigenvalue weighted by Gasteiger charge is -2.21. The van der Waals surface area contributed by atoms with Gasteiger partial charge in [0.25, 0.3) is 0 Å². The summed E-state index contributed by atoms with van der Waals surface area (Å²) in [6.45, 7) is 4.29. The summed E-state index contributed by atoms with van der Waals surface area (Å²) in [6.07, 6.45) is -1.57. The number of nitrogens with one attached hydrogen (secondary N) is 1. The van der Waals surface area contributed by atoms with E-state index in [-0.39, 0.29) is 22.9 Å². The topological polar surface area (TPSA) is 21.3 Å². The van der Waals surface area contributed by atoms with E-state index in [0.717, 1.165) is 25.3 Å². The molecule has 1 aromatic carbocycles. The summed E-state index contributed by atoms with van der Waals surface area (Å²) in [6, 6.07) is 4.15. The second-order valence-corrected chi connectivity index (χ2v) is 6.16. The summed E-state index contributed by atoms with van der Waals surface area (Å²) in [4.78, 5) is 0. The third-order valence-electron chi connectivity index (χ3n) is 3.86. The highest BCUT2D eigenvalue weighted by Crippen LogP contribution is 2.41. The van der Waals surface area contributed by atoms with Gasteiger partial charge in [-0.3, -0.25) is 0 Å². The fourth-order valence-corrected chi connectivity index (χ4v) is 2.79. The van der Waals surface area contributed by atoms with E-state index in [4.69, 9.17) is 4.74 Å². The number of benzene rings is 1. The predicted octanol–water partition coefficient (Wildman–Crippen LogP) is 4.70. The van der Waals surface area contributed by atoms with Gasteiger partial charge >= 0.3 is 6.18 Å². The predicted molar refractivity (Wildman–Crippen MR) is 73.0 cm³/mol. The Morgan fingerprint density at radius 1 is 1.30 bits per heavy atom. The van der Waals surface area contributed by atoms with Crippen molar-refractivity contribution < 1.29 is 17.9 Å². The molecule has 0 saturated heterocycles.